The Morgan fingerprint density at radius 1 is 1.39 bits per heavy atom. The standard InChI is InChI=1S/C15H20ClNO/c1-10-6-5-8-12(10)15(18)17-14-9-4-3-7-13(14)11(2)16/h3-4,7,9-12H,5-6,8H2,1-2H3,(H,17,18). The first-order chi connectivity index (χ1) is 8.59. The Morgan fingerprint density at radius 2 is 2.11 bits per heavy atom. The van der Waals surface area contributed by atoms with Crippen molar-refractivity contribution < 1.29 is 4.79 Å². The molecule has 0 heterocycles. The topological polar surface area (TPSA) is 29.1 Å². The molecule has 1 aliphatic rings. The molecule has 1 saturated carbocycles. The van der Waals surface area contributed by atoms with Crippen LogP contribution in [0.1, 0.15) is 44.1 Å². The second-order valence-corrected chi connectivity index (χ2v) is 5.86. The summed E-state index contributed by atoms with van der Waals surface area (Å²) in [5.41, 5.74) is 1.84. The largest absolute Gasteiger partial charge is 0.326 e. The lowest BCUT2D eigenvalue weighted by Gasteiger charge is -2.17. The maximum absolute atomic E-state index is 12.2. The Hall–Kier alpha value is -1.02. The van der Waals surface area contributed by atoms with Gasteiger partial charge in [0.05, 0.1) is 5.38 Å². The van der Waals surface area contributed by atoms with Gasteiger partial charge in [0.25, 0.3) is 0 Å². The number of halogens is 1. The Bertz CT molecular complexity index is 430. The molecule has 0 aromatic heterocycles. The first-order valence-electron chi connectivity index (χ1n) is 6.63. The summed E-state index contributed by atoms with van der Waals surface area (Å²) in [6.45, 7) is 4.08. The molecule has 18 heavy (non-hydrogen) atoms. The maximum Gasteiger partial charge on any atom is 0.227 e. The summed E-state index contributed by atoms with van der Waals surface area (Å²) < 4.78 is 0. The average Bonchev–Trinajstić information content (AvgIpc) is 2.76. The average molecular weight is 266 g/mol. The molecular weight excluding hydrogens is 246 g/mol. The number of hydrogen-bond acceptors (Lipinski definition) is 1. The van der Waals surface area contributed by atoms with Crippen LogP contribution in [0.3, 0.4) is 0 Å². The van der Waals surface area contributed by atoms with Gasteiger partial charge in [0.1, 0.15) is 0 Å². The molecule has 3 unspecified atom stereocenters. The number of anilines is 1. The zero-order chi connectivity index (χ0) is 13.1. The van der Waals surface area contributed by atoms with Crippen molar-refractivity contribution in [2.45, 2.75) is 38.5 Å². The summed E-state index contributed by atoms with van der Waals surface area (Å²) >= 11 is 6.13. The highest BCUT2D eigenvalue weighted by atomic mass is 35.5. The third-order valence-electron chi connectivity index (χ3n) is 3.85. The first kappa shape index (κ1) is 13.4. The van der Waals surface area contributed by atoms with Crippen LogP contribution in [0.4, 0.5) is 5.69 Å². The van der Waals surface area contributed by atoms with Crippen molar-refractivity contribution in [3.8, 4) is 0 Å². The van der Waals surface area contributed by atoms with Crippen LogP contribution in [-0.2, 0) is 4.79 Å². The van der Waals surface area contributed by atoms with E-state index in [4.69, 9.17) is 11.6 Å². The number of benzene rings is 1. The summed E-state index contributed by atoms with van der Waals surface area (Å²) in [5.74, 6) is 0.791. The lowest BCUT2D eigenvalue weighted by atomic mass is 9.97. The van der Waals surface area contributed by atoms with Crippen LogP contribution >= 0.6 is 11.6 Å². The van der Waals surface area contributed by atoms with Crippen molar-refractivity contribution in [1.29, 1.82) is 0 Å². The minimum absolute atomic E-state index is 0.0949. The number of rotatable bonds is 3. The summed E-state index contributed by atoms with van der Waals surface area (Å²) in [6.07, 6.45) is 3.32. The zero-order valence-corrected chi connectivity index (χ0v) is 11.7. The van der Waals surface area contributed by atoms with Gasteiger partial charge in [0, 0.05) is 11.6 Å². The normalized spacial score (nSPS) is 24.8. The molecule has 0 spiro atoms. The molecule has 0 saturated heterocycles. The third-order valence-corrected chi connectivity index (χ3v) is 4.08. The van der Waals surface area contributed by atoms with Crippen LogP contribution in [0.2, 0.25) is 0 Å². The first-order valence-corrected chi connectivity index (χ1v) is 7.07. The fourth-order valence-corrected chi connectivity index (χ4v) is 2.91. The Labute approximate surface area is 114 Å². The molecule has 0 radical (unpaired) electrons. The maximum atomic E-state index is 12.2. The number of alkyl halides is 1. The summed E-state index contributed by atoms with van der Waals surface area (Å²) in [5, 5.41) is 2.95. The predicted molar refractivity (Wildman–Crippen MR) is 75.8 cm³/mol. The van der Waals surface area contributed by atoms with E-state index in [1.165, 1.54) is 0 Å². The van der Waals surface area contributed by atoms with E-state index >= 15 is 0 Å². The predicted octanol–water partition coefficient (Wildman–Crippen LogP) is 4.36. The second kappa shape index (κ2) is 5.75. The van der Waals surface area contributed by atoms with Crippen LogP contribution in [0, 0.1) is 11.8 Å². The van der Waals surface area contributed by atoms with Crippen molar-refractivity contribution in [2.75, 3.05) is 5.32 Å². The number of amides is 1. The van der Waals surface area contributed by atoms with Crippen LogP contribution in [0.5, 0.6) is 0 Å². The Morgan fingerprint density at radius 3 is 2.72 bits per heavy atom. The van der Waals surface area contributed by atoms with Crippen LogP contribution in [0.25, 0.3) is 0 Å². The molecule has 2 rings (SSSR count). The highest BCUT2D eigenvalue weighted by Crippen LogP contribution is 2.33. The Balaban J connectivity index is 2.11. The third kappa shape index (κ3) is 2.86. The van der Waals surface area contributed by atoms with Crippen LogP contribution in [0.15, 0.2) is 24.3 Å². The monoisotopic (exact) mass is 265 g/mol. The highest BCUT2D eigenvalue weighted by molar-refractivity contribution is 6.21. The molecule has 3 atom stereocenters. The van der Waals surface area contributed by atoms with E-state index in [2.05, 4.69) is 12.2 Å². The van der Waals surface area contributed by atoms with E-state index in [1.807, 2.05) is 31.2 Å². The molecule has 3 heteroatoms. The fourth-order valence-electron chi connectivity index (χ4n) is 2.72. The van der Waals surface area contributed by atoms with Gasteiger partial charge in [-0.25, -0.2) is 0 Å². The smallest absolute Gasteiger partial charge is 0.227 e. The van der Waals surface area contributed by atoms with Gasteiger partial charge in [-0.15, -0.1) is 11.6 Å². The number of nitrogens with one attached hydrogen (secondary N) is 1. The zero-order valence-electron chi connectivity index (χ0n) is 10.9. The van der Waals surface area contributed by atoms with Gasteiger partial charge in [-0.2, -0.15) is 0 Å². The van der Waals surface area contributed by atoms with Crippen molar-refractivity contribution in [1.82, 2.24) is 0 Å². The van der Waals surface area contributed by atoms with E-state index in [-0.39, 0.29) is 17.2 Å². The lowest BCUT2D eigenvalue weighted by Crippen LogP contribution is -2.25. The van der Waals surface area contributed by atoms with E-state index in [1.54, 1.807) is 0 Å². The molecule has 1 aromatic carbocycles. The van der Waals surface area contributed by atoms with Gasteiger partial charge < -0.3 is 5.32 Å². The van der Waals surface area contributed by atoms with Crippen molar-refractivity contribution in [3.05, 3.63) is 29.8 Å². The molecule has 1 aromatic rings. The number of para-hydroxylation sites is 1. The molecule has 1 N–H and O–H groups in total. The van der Waals surface area contributed by atoms with Gasteiger partial charge in [0.15, 0.2) is 0 Å². The van der Waals surface area contributed by atoms with Gasteiger partial charge >= 0.3 is 0 Å². The summed E-state index contributed by atoms with van der Waals surface area (Å²) in [4.78, 5) is 12.2. The molecular formula is C15H20ClNO. The minimum Gasteiger partial charge on any atom is -0.326 e. The molecule has 1 fully saturated rings. The number of hydrogen-bond donors (Lipinski definition) is 1. The van der Waals surface area contributed by atoms with Gasteiger partial charge in [-0.1, -0.05) is 31.5 Å². The quantitative estimate of drug-likeness (QED) is 0.809. The second-order valence-electron chi connectivity index (χ2n) is 5.21. The van der Waals surface area contributed by atoms with Gasteiger partial charge in [-0.05, 0) is 37.3 Å². The highest BCUT2D eigenvalue weighted by Gasteiger charge is 2.29. The summed E-state index contributed by atoms with van der Waals surface area (Å²) in [7, 11) is 0. The summed E-state index contributed by atoms with van der Waals surface area (Å²) in [6, 6.07) is 7.76. The molecule has 2 nitrogen and oxygen atoms in total. The molecule has 1 aliphatic carbocycles. The molecule has 1 amide bonds. The van der Waals surface area contributed by atoms with Crippen LogP contribution < -0.4 is 5.32 Å². The van der Waals surface area contributed by atoms with E-state index < -0.39 is 0 Å². The number of carbonyl (C=O) groups is 1. The number of carbonyl (C=O) groups excluding carboxylic acids is 1. The van der Waals surface area contributed by atoms with Crippen molar-refractivity contribution in [2.24, 2.45) is 11.8 Å². The van der Waals surface area contributed by atoms with E-state index in [0.717, 1.165) is 30.5 Å². The minimum atomic E-state index is -0.0949. The lowest BCUT2D eigenvalue weighted by molar-refractivity contribution is -0.120. The van der Waals surface area contributed by atoms with Crippen LogP contribution in [-0.4, -0.2) is 5.91 Å². The molecule has 98 valence electrons. The van der Waals surface area contributed by atoms with Crippen molar-refractivity contribution >= 4 is 23.2 Å². The van der Waals surface area contributed by atoms with E-state index in [9.17, 15) is 4.79 Å². The van der Waals surface area contributed by atoms with E-state index in [0.29, 0.717) is 5.92 Å². The fraction of sp³-hybridized carbons (Fsp3) is 0.533. The Kier molecular flexibility index (Phi) is 4.28. The van der Waals surface area contributed by atoms with Gasteiger partial charge in [0.2, 0.25) is 5.91 Å². The van der Waals surface area contributed by atoms with Gasteiger partial charge in [-0.3, -0.25) is 4.79 Å². The molecule has 0 bridgehead atoms. The van der Waals surface area contributed by atoms with Crippen molar-refractivity contribution in [3.63, 3.8) is 0 Å². The molecule has 0 aliphatic heterocycles. The SMILES string of the molecule is CC(Cl)c1ccccc1NC(=O)C1CCCC1C.